The maximum atomic E-state index is 11.9. The molecule has 0 aliphatic heterocycles. The molecule has 0 aliphatic carbocycles. The molecule has 0 saturated carbocycles. The van der Waals surface area contributed by atoms with E-state index in [0.717, 1.165) is 0 Å². The number of hydrogen-bond donors (Lipinski definition) is 1. The van der Waals surface area contributed by atoms with Gasteiger partial charge in [0, 0.05) is 25.0 Å². The zero-order chi connectivity index (χ0) is 13.5. The van der Waals surface area contributed by atoms with Gasteiger partial charge in [-0.25, -0.2) is 13.8 Å². The molecule has 7 heteroatoms. The number of anilines is 1. The molecule has 1 aromatic heterocycles. The normalized spacial score (nSPS) is 11.2. The summed E-state index contributed by atoms with van der Waals surface area (Å²) in [5.74, 6) is 0.201. The van der Waals surface area contributed by atoms with Crippen LogP contribution in [0.25, 0.3) is 0 Å². The number of nitrogens with one attached hydrogen (secondary N) is 1. The Kier molecular flexibility index (Phi) is 5.70. The van der Waals surface area contributed by atoms with Crippen LogP contribution in [0.4, 0.5) is 14.6 Å². The first-order chi connectivity index (χ1) is 8.52. The molecular weight excluding hydrogens is 244 g/mol. The second-order valence-electron chi connectivity index (χ2n) is 3.97. The SMILES string of the molecule is CC(C)n1ccnc(NCCOCC(F)F)c1=O. The van der Waals surface area contributed by atoms with E-state index < -0.39 is 13.0 Å². The van der Waals surface area contributed by atoms with Gasteiger partial charge < -0.3 is 14.6 Å². The molecule has 0 unspecified atom stereocenters. The Morgan fingerprint density at radius 1 is 1.50 bits per heavy atom. The minimum atomic E-state index is -2.47. The van der Waals surface area contributed by atoms with Crippen molar-refractivity contribution in [2.45, 2.75) is 26.3 Å². The van der Waals surface area contributed by atoms with Crippen molar-refractivity contribution in [1.82, 2.24) is 9.55 Å². The van der Waals surface area contributed by atoms with Crippen molar-refractivity contribution in [3.8, 4) is 0 Å². The highest BCUT2D eigenvalue weighted by atomic mass is 19.3. The van der Waals surface area contributed by atoms with Crippen LogP contribution in [0, 0.1) is 0 Å². The van der Waals surface area contributed by atoms with Gasteiger partial charge in [-0.2, -0.15) is 0 Å². The molecule has 0 amide bonds. The lowest BCUT2D eigenvalue weighted by Crippen LogP contribution is -2.26. The standard InChI is InChI=1S/C11H17F2N3O2/c1-8(2)16-5-3-14-10(11(16)17)15-4-6-18-7-9(12)13/h3,5,8-9H,4,6-7H2,1-2H3,(H,14,15). The highest BCUT2D eigenvalue weighted by Crippen LogP contribution is 2.01. The van der Waals surface area contributed by atoms with Crippen LogP contribution in [-0.4, -0.2) is 35.7 Å². The summed E-state index contributed by atoms with van der Waals surface area (Å²) in [6.45, 7) is 3.53. The van der Waals surface area contributed by atoms with Crippen molar-refractivity contribution in [3.05, 3.63) is 22.7 Å². The van der Waals surface area contributed by atoms with Crippen molar-refractivity contribution in [2.24, 2.45) is 0 Å². The van der Waals surface area contributed by atoms with Crippen LogP contribution in [0.2, 0.25) is 0 Å². The maximum Gasteiger partial charge on any atom is 0.293 e. The number of hydrogen-bond acceptors (Lipinski definition) is 4. The van der Waals surface area contributed by atoms with Gasteiger partial charge >= 0.3 is 0 Å². The summed E-state index contributed by atoms with van der Waals surface area (Å²) in [7, 11) is 0. The fourth-order valence-corrected chi connectivity index (χ4v) is 1.37. The number of rotatable bonds is 7. The molecule has 0 spiro atoms. The molecule has 0 atom stereocenters. The van der Waals surface area contributed by atoms with E-state index in [4.69, 9.17) is 0 Å². The van der Waals surface area contributed by atoms with E-state index in [0.29, 0.717) is 0 Å². The van der Waals surface area contributed by atoms with Gasteiger partial charge in [0.05, 0.1) is 6.61 Å². The van der Waals surface area contributed by atoms with Crippen LogP contribution < -0.4 is 10.9 Å². The minimum absolute atomic E-state index is 0.0381. The second kappa shape index (κ2) is 7.05. The van der Waals surface area contributed by atoms with Gasteiger partial charge in [0.1, 0.15) is 6.61 Å². The Balaban J connectivity index is 2.48. The molecule has 0 radical (unpaired) electrons. The third-order valence-corrected chi connectivity index (χ3v) is 2.21. The van der Waals surface area contributed by atoms with Gasteiger partial charge in [0.25, 0.3) is 12.0 Å². The highest BCUT2D eigenvalue weighted by Gasteiger charge is 2.06. The predicted octanol–water partition coefficient (Wildman–Crippen LogP) is 1.52. The molecule has 1 N–H and O–H groups in total. The molecule has 0 bridgehead atoms. The van der Waals surface area contributed by atoms with E-state index in [9.17, 15) is 13.6 Å². The van der Waals surface area contributed by atoms with Gasteiger partial charge in [0.15, 0.2) is 5.82 Å². The third kappa shape index (κ3) is 4.40. The molecule has 0 fully saturated rings. The summed E-state index contributed by atoms with van der Waals surface area (Å²) >= 11 is 0. The van der Waals surface area contributed by atoms with Crippen molar-refractivity contribution in [1.29, 1.82) is 0 Å². The largest absolute Gasteiger partial charge is 0.374 e. The fraction of sp³-hybridized carbons (Fsp3) is 0.636. The van der Waals surface area contributed by atoms with E-state index in [1.807, 2.05) is 13.8 Å². The van der Waals surface area contributed by atoms with Crippen molar-refractivity contribution >= 4 is 5.82 Å². The molecular formula is C11H17F2N3O2. The smallest absolute Gasteiger partial charge is 0.293 e. The van der Waals surface area contributed by atoms with Crippen molar-refractivity contribution < 1.29 is 13.5 Å². The number of alkyl halides is 2. The van der Waals surface area contributed by atoms with Gasteiger partial charge in [-0.1, -0.05) is 0 Å². The van der Waals surface area contributed by atoms with Crippen molar-refractivity contribution in [2.75, 3.05) is 25.1 Å². The summed E-state index contributed by atoms with van der Waals surface area (Å²) in [4.78, 5) is 15.8. The summed E-state index contributed by atoms with van der Waals surface area (Å²) in [5, 5.41) is 2.77. The first-order valence-electron chi connectivity index (χ1n) is 5.69. The highest BCUT2D eigenvalue weighted by molar-refractivity contribution is 5.30. The molecule has 18 heavy (non-hydrogen) atoms. The predicted molar refractivity (Wildman–Crippen MR) is 64.2 cm³/mol. The lowest BCUT2D eigenvalue weighted by molar-refractivity contribution is 0.0214. The zero-order valence-corrected chi connectivity index (χ0v) is 10.4. The number of halogens is 2. The second-order valence-corrected chi connectivity index (χ2v) is 3.97. The number of ether oxygens (including phenoxy) is 1. The Labute approximate surface area is 104 Å². The van der Waals surface area contributed by atoms with E-state index >= 15 is 0 Å². The fourth-order valence-electron chi connectivity index (χ4n) is 1.37. The van der Waals surface area contributed by atoms with Gasteiger partial charge in [-0.05, 0) is 13.8 Å². The first kappa shape index (κ1) is 14.6. The van der Waals surface area contributed by atoms with E-state index in [-0.39, 0.29) is 30.6 Å². The molecule has 1 heterocycles. The molecule has 102 valence electrons. The Bertz CT molecular complexity index is 421. The number of aromatic nitrogens is 2. The van der Waals surface area contributed by atoms with Crippen LogP contribution in [0.15, 0.2) is 17.2 Å². The third-order valence-electron chi connectivity index (χ3n) is 2.21. The quantitative estimate of drug-likeness (QED) is 0.756. The molecule has 5 nitrogen and oxygen atoms in total. The topological polar surface area (TPSA) is 56.1 Å². The molecule has 1 rings (SSSR count). The molecule has 0 aliphatic rings. The first-order valence-corrected chi connectivity index (χ1v) is 5.69. The van der Waals surface area contributed by atoms with E-state index in [1.54, 1.807) is 6.20 Å². The Morgan fingerprint density at radius 2 is 2.22 bits per heavy atom. The van der Waals surface area contributed by atoms with Gasteiger partial charge in [0.2, 0.25) is 0 Å². The molecule has 1 aromatic rings. The van der Waals surface area contributed by atoms with Crippen LogP contribution in [-0.2, 0) is 4.74 Å². The van der Waals surface area contributed by atoms with Crippen LogP contribution in [0.3, 0.4) is 0 Å². The minimum Gasteiger partial charge on any atom is -0.374 e. The summed E-state index contributed by atoms with van der Waals surface area (Å²) in [6.07, 6.45) is 0.646. The average Bonchev–Trinajstić information content (AvgIpc) is 2.30. The number of nitrogens with zero attached hydrogens (tertiary/aromatic N) is 2. The average molecular weight is 261 g/mol. The summed E-state index contributed by atoms with van der Waals surface area (Å²) in [6, 6.07) is 0.0381. The van der Waals surface area contributed by atoms with Crippen LogP contribution in [0.5, 0.6) is 0 Å². The maximum absolute atomic E-state index is 11.9. The lowest BCUT2D eigenvalue weighted by Gasteiger charge is -2.11. The van der Waals surface area contributed by atoms with E-state index in [2.05, 4.69) is 15.0 Å². The van der Waals surface area contributed by atoms with E-state index in [1.165, 1.54) is 10.8 Å². The zero-order valence-electron chi connectivity index (χ0n) is 10.4. The monoisotopic (exact) mass is 261 g/mol. The van der Waals surface area contributed by atoms with Gasteiger partial charge in [-0.3, -0.25) is 4.79 Å². The van der Waals surface area contributed by atoms with Crippen LogP contribution >= 0.6 is 0 Å². The molecule has 0 saturated heterocycles. The summed E-state index contributed by atoms with van der Waals surface area (Å²) in [5.41, 5.74) is -0.235. The molecule has 0 aromatic carbocycles. The lowest BCUT2D eigenvalue weighted by atomic mass is 10.4. The van der Waals surface area contributed by atoms with Gasteiger partial charge in [-0.15, -0.1) is 0 Å². The summed E-state index contributed by atoms with van der Waals surface area (Å²) < 4.78 is 29.8. The Morgan fingerprint density at radius 3 is 2.83 bits per heavy atom. The van der Waals surface area contributed by atoms with Crippen LogP contribution in [0.1, 0.15) is 19.9 Å². The Hall–Kier alpha value is -1.50. The van der Waals surface area contributed by atoms with Crippen molar-refractivity contribution in [3.63, 3.8) is 0 Å².